The van der Waals surface area contributed by atoms with E-state index in [-0.39, 0.29) is 42.0 Å². The van der Waals surface area contributed by atoms with Crippen molar-refractivity contribution in [2.24, 2.45) is 12.0 Å². The molecule has 0 saturated carbocycles. The average Bonchev–Trinajstić information content (AvgIpc) is 2.96. The summed E-state index contributed by atoms with van der Waals surface area (Å²) in [6.07, 6.45) is -3.31. The molecule has 1 heterocycles. The van der Waals surface area contributed by atoms with Gasteiger partial charge in [0.25, 0.3) is 0 Å². The van der Waals surface area contributed by atoms with Crippen molar-refractivity contribution in [1.29, 1.82) is 0 Å². The van der Waals surface area contributed by atoms with Crippen LogP contribution in [0.1, 0.15) is 36.7 Å². The molecule has 1 aromatic heterocycles. The molecule has 2 rings (SSSR count). The third-order valence-corrected chi connectivity index (χ3v) is 3.72. The number of alkyl halides is 3. The Morgan fingerprint density at radius 3 is 2.50 bits per heavy atom. The van der Waals surface area contributed by atoms with Gasteiger partial charge in [0.1, 0.15) is 0 Å². The Bertz CT molecular complexity index is 819. The van der Waals surface area contributed by atoms with Gasteiger partial charge in [-0.15, -0.1) is 24.0 Å². The smallest absolute Gasteiger partial charge is 0.357 e. The van der Waals surface area contributed by atoms with Crippen LogP contribution in [0.4, 0.5) is 22.0 Å². The van der Waals surface area contributed by atoms with Crippen LogP contribution in [0.15, 0.2) is 29.4 Å². The highest BCUT2D eigenvalue weighted by molar-refractivity contribution is 14.0. The molecule has 0 bridgehead atoms. The Balaban J connectivity index is 0.00000392. The molecule has 0 aliphatic rings. The number of aliphatic imine (C=N–C) groups is 1. The lowest BCUT2D eigenvalue weighted by atomic mass is 10.1. The molecule has 0 amide bonds. The SMILES string of the molecule is CCNC(=NCc1cn(C)nc1C(F)(F)F)NC(C)c1ccc(F)c(F)c1.I. The number of aromatic nitrogens is 2. The Morgan fingerprint density at radius 1 is 1.25 bits per heavy atom. The van der Waals surface area contributed by atoms with Crippen LogP contribution >= 0.6 is 24.0 Å². The molecule has 2 aromatic rings. The van der Waals surface area contributed by atoms with Gasteiger partial charge in [0, 0.05) is 25.4 Å². The van der Waals surface area contributed by atoms with Crippen molar-refractivity contribution in [2.75, 3.05) is 6.54 Å². The lowest BCUT2D eigenvalue weighted by Gasteiger charge is -2.18. The maximum Gasteiger partial charge on any atom is 0.435 e. The van der Waals surface area contributed by atoms with Crippen LogP contribution in [0.3, 0.4) is 0 Å². The largest absolute Gasteiger partial charge is 0.435 e. The van der Waals surface area contributed by atoms with Crippen molar-refractivity contribution in [3.8, 4) is 0 Å². The van der Waals surface area contributed by atoms with Crippen LogP contribution in [0, 0.1) is 11.6 Å². The molecular formula is C17H21F5IN5. The first kappa shape index (κ1) is 24.1. The average molecular weight is 517 g/mol. The standard InChI is InChI=1S/C17H20F5N5.HI/c1-4-23-16(25-10(2)11-5-6-13(18)14(19)7-11)24-8-12-9-27(3)26-15(12)17(20,21)22;/h5-7,9-10H,4,8H2,1-3H3,(H2,23,24,25);1H. The summed E-state index contributed by atoms with van der Waals surface area (Å²) in [5, 5.41) is 9.30. The number of aryl methyl sites for hydroxylation is 1. The topological polar surface area (TPSA) is 54.2 Å². The number of nitrogens with one attached hydrogen (secondary N) is 2. The molecule has 1 unspecified atom stereocenters. The molecule has 11 heteroatoms. The number of rotatable bonds is 5. The summed E-state index contributed by atoms with van der Waals surface area (Å²) < 4.78 is 66.6. The maximum absolute atomic E-state index is 13.4. The highest BCUT2D eigenvalue weighted by atomic mass is 127. The van der Waals surface area contributed by atoms with Crippen LogP contribution in [-0.2, 0) is 19.8 Å². The third kappa shape index (κ3) is 6.31. The number of hydrogen-bond donors (Lipinski definition) is 2. The third-order valence-electron chi connectivity index (χ3n) is 3.72. The molecule has 5 nitrogen and oxygen atoms in total. The molecule has 156 valence electrons. The fraction of sp³-hybridized carbons (Fsp3) is 0.412. The van der Waals surface area contributed by atoms with Crippen molar-refractivity contribution in [3.05, 3.63) is 52.9 Å². The Kier molecular flexibility index (Phi) is 8.64. The van der Waals surface area contributed by atoms with E-state index in [0.29, 0.717) is 12.1 Å². The van der Waals surface area contributed by atoms with E-state index in [1.165, 1.54) is 19.3 Å². The number of guanidine groups is 1. The molecule has 0 aliphatic heterocycles. The maximum atomic E-state index is 13.4. The van der Waals surface area contributed by atoms with Gasteiger partial charge in [-0.2, -0.15) is 18.3 Å². The monoisotopic (exact) mass is 517 g/mol. The van der Waals surface area contributed by atoms with Crippen LogP contribution in [-0.4, -0.2) is 22.3 Å². The van der Waals surface area contributed by atoms with Crippen LogP contribution in [0.25, 0.3) is 0 Å². The van der Waals surface area contributed by atoms with Gasteiger partial charge in [-0.3, -0.25) is 4.68 Å². The number of nitrogens with zero attached hydrogens (tertiary/aromatic N) is 3. The fourth-order valence-electron chi connectivity index (χ4n) is 2.45. The molecule has 0 fully saturated rings. The first-order valence-electron chi connectivity index (χ1n) is 8.21. The zero-order chi connectivity index (χ0) is 20.2. The van der Waals surface area contributed by atoms with E-state index < -0.39 is 29.5 Å². The van der Waals surface area contributed by atoms with Crippen LogP contribution in [0.5, 0.6) is 0 Å². The predicted molar refractivity (Wildman–Crippen MR) is 106 cm³/mol. The first-order chi connectivity index (χ1) is 12.6. The lowest BCUT2D eigenvalue weighted by molar-refractivity contribution is -0.142. The van der Waals surface area contributed by atoms with Crippen molar-refractivity contribution in [2.45, 2.75) is 32.6 Å². The molecule has 0 spiro atoms. The zero-order valence-corrected chi connectivity index (χ0v) is 17.8. The van der Waals surface area contributed by atoms with Crippen LogP contribution < -0.4 is 10.6 Å². The second-order valence-corrected chi connectivity index (χ2v) is 5.91. The summed E-state index contributed by atoms with van der Waals surface area (Å²) >= 11 is 0. The molecular weight excluding hydrogens is 496 g/mol. The quantitative estimate of drug-likeness (QED) is 0.271. The molecule has 0 saturated heterocycles. The van der Waals surface area contributed by atoms with Gasteiger partial charge in [0.15, 0.2) is 23.3 Å². The Labute approximate surface area is 176 Å². The number of halogens is 6. The summed E-state index contributed by atoms with van der Waals surface area (Å²) in [5.41, 5.74) is -0.585. The van der Waals surface area contributed by atoms with E-state index in [9.17, 15) is 22.0 Å². The first-order valence-corrected chi connectivity index (χ1v) is 8.21. The fourth-order valence-corrected chi connectivity index (χ4v) is 2.45. The van der Waals surface area contributed by atoms with Crippen LogP contribution in [0.2, 0.25) is 0 Å². The summed E-state index contributed by atoms with van der Waals surface area (Å²) in [5.74, 6) is -1.69. The summed E-state index contributed by atoms with van der Waals surface area (Å²) in [4.78, 5) is 4.15. The minimum atomic E-state index is -4.57. The van der Waals surface area contributed by atoms with Gasteiger partial charge in [-0.05, 0) is 31.5 Å². The van der Waals surface area contributed by atoms with E-state index in [0.717, 1.165) is 16.8 Å². The Morgan fingerprint density at radius 2 is 1.93 bits per heavy atom. The van der Waals surface area contributed by atoms with E-state index in [4.69, 9.17) is 0 Å². The minimum absolute atomic E-state index is 0. The Hall–Kier alpha value is -1.92. The highest BCUT2D eigenvalue weighted by Crippen LogP contribution is 2.30. The van der Waals surface area contributed by atoms with Gasteiger partial charge in [0.2, 0.25) is 0 Å². The lowest BCUT2D eigenvalue weighted by Crippen LogP contribution is -2.38. The van der Waals surface area contributed by atoms with E-state index in [1.807, 2.05) is 0 Å². The highest BCUT2D eigenvalue weighted by Gasteiger charge is 2.36. The second-order valence-electron chi connectivity index (χ2n) is 5.91. The molecule has 28 heavy (non-hydrogen) atoms. The molecule has 0 aliphatic carbocycles. The van der Waals surface area contributed by atoms with Crippen molar-refractivity contribution in [3.63, 3.8) is 0 Å². The summed E-state index contributed by atoms with van der Waals surface area (Å²) in [6.45, 7) is 3.72. The van der Waals surface area contributed by atoms with Crippen molar-refractivity contribution < 1.29 is 22.0 Å². The van der Waals surface area contributed by atoms with Crippen molar-refractivity contribution in [1.82, 2.24) is 20.4 Å². The van der Waals surface area contributed by atoms with Gasteiger partial charge in [-0.25, -0.2) is 13.8 Å². The summed E-state index contributed by atoms with van der Waals surface area (Å²) in [7, 11) is 1.40. The second kappa shape index (κ2) is 10.0. The van der Waals surface area contributed by atoms with Gasteiger partial charge in [-0.1, -0.05) is 6.07 Å². The van der Waals surface area contributed by atoms with E-state index in [2.05, 4.69) is 20.7 Å². The van der Waals surface area contributed by atoms with E-state index in [1.54, 1.807) is 13.8 Å². The number of hydrogen-bond acceptors (Lipinski definition) is 2. The van der Waals surface area contributed by atoms with Gasteiger partial charge >= 0.3 is 6.18 Å². The number of benzene rings is 1. The molecule has 2 N–H and O–H groups in total. The molecule has 1 aromatic carbocycles. The van der Waals surface area contributed by atoms with Crippen molar-refractivity contribution >= 4 is 29.9 Å². The summed E-state index contributed by atoms with van der Waals surface area (Å²) in [6, 6.07) is 3.04. The minimum Gasteiger partial charge on any atom is -0.357 e. The molecule has 0 radical (unpaired) electrons. The molecule has 1 atom stereocenters. The van der Waals surface area contributed by atoms with Gasteiger partial charge in [0.05, 0.1) is 12.6 Å². The van der Waals surface area contributed by atoms with Gasteiger partial charge < -0.3 is 10.6 Å². The van der Waals surface area contributed by atoms with E-state index >= 15 is 0 Å². The normalized spacial score (nSPS) is 13.1. The zero-order valence-electron chi connectivity index (χ0n) is 15.4. The predicted octanol–water partition coefficient (Wildman–Crippen LogP) is 4.15.